The third-order valence-corrected chi connectivity index (χ3v) is 7.56. The van der Waals surface area contributed by atoms with Crippen LogP contribution in [0.15, 0.2) is 18.3 Å². The topological polar surface area (TPSA) is 48.5 Å². The SMILES string of the molecule is CC(C)NC(=O)c1ccc(CCN2CCC3(CC2)CCN(C2CCC2)CC3)nc1. The molecular formula is C24H38N4O. The number of likely N-dealkylation sites (tertiary alicyclic amines) is 2. The molecule has 5 nitrogen and oxygen atoms in total. The molecule has 3 fully saturated rings. The summed E-state index contributed by atoms with van der Waals surface area (Å²) in [6, 6.07) is 4.98. The van der Waals surface area contributed by atoms with Gasteiger partial charge in [0.1, 0.15) is 0 Å². The quantitative estimate of drug-likeness (QED) is 0.797. The van der Waals surface area contributed by atoms with Crippen molar-refractivity contribution < 1.29 is 4.79 Å². The highest BCUT2D eigenvalue weighted by molar-refractivity contribution is 5.93. The lowest BCUT2D eigenvalue weighted by atomic mass is 9.70. The van der Waals surface area contributed by atoms with Crippen LogP contribution in [0.4, 0.5) is 0 Å². The van der Waals surface area contributed by atoms with E-state index in [1.807, 2.05) is 26.0 Å². The van der Waals surface area contributed by atoms with Gasteiger partial charge >= 0.3 is 0 Å². The lowest BCUT2D eigenvalue weighted by Crippen LogP contribution is -2.51. The molecule has 0 aromatic carbocycles. The van der Waals surface area contributed by atoms with Gasteiger partial charge in [-0.1, -0.05) is 6.42 Å². The molecule has 1 aromatic rings. The number of aromatic nitrogens is 1. The zero-order valence-corrected chi connectivity index (χ0v) is 18.3. The third-order valence-electron chi connectivity index (χ3n) is 7.56. The van der Waals surface area contributed by atoms with Gasteiger partial charge in [0.25, 0.3) is 5.91 Å². The molecule has 1 saturated carbocycles. The number of hydrogen-bond acceptors (Lipinski definition) is 4. The second kappa shape index (κ2) is 9.13. The first-order valence-corrected chi connectivity index (χ1v) is 11.8. The molecule has 0 atom stereocenters. The number of nitrogens with zero attached hydrogens (tertiary/aromatic N) is 3. The number of piperidine rings is 2. The number of pyridine rings is 1. The Balaban J connectivity index is 1.19. The predicted octanol–water partition coefficient (Wildman–Crippen LogP) is 3.49. The van der Waals surface area contributed by atoms with Crippen LogP contribution >= 0.6 is 0 Å². The summed E-state index contributed by atoms with van der Waals surface area (Å²) in [5, 5.41) is 2.92. The van der Waals surface area contributed by atoms with Crippen LogP contribution in [0.3, 0.4) is 0 Å². The fourth-order valence-electron chi connectivity index (χ4n) is 5.19. The molecule has 4 rings (SSSR count). The summed E-state index contributed by atoms with van der Waals surface area (Å²) in [5.41, 5.74) is 2.36. The molecule has 0 radical (unpaired) electrons. The van der Waals surface area contributed by atoms with E-state index >= 15 is 0 Å². The Hall–Kier alpha value is -1.46. The fraction of sp³-hybridized carbons (Fsp3) is 0.750. The highest BCUT2D eigenvalue weighted by Gasteiger charge is 2.39. The molecule has 1 aliphatic carbocycles. The number of nitrogens with one attached hydrogen (secondary N) is 1. The highest BCUT2D eigenvalue weighted by atomic mass is 16.1. The van der Waals surface area contributed by atoms with E-state index in [4.69, 9.17) is 0 Å². The second-order valence-corrected chi connectivity index (χ2v) is 9.88. The molecule has 2 aliphatic heterocycles. The number of carbonyl (C=O) groups is 1. The Kier molecular flexibility index (Phi) is 6.55. The minimum absolute atomic E-state index is 0.0382. The van der Waals surface area contributed by atoms with Crippen molar-refractivity contribution in [1.29, 1.82) is 0 Å². The number of hydrogen-bond donors (Lipinski definition) is 1. The van der Waals surface area contributed by atoms with Gasteiger partial charge in [-0.3, -0.25) is 9.78 Å². The second-order valence-electron chi connectivity index (χ2n) is 9.88. The lowest BCUT2D eigenvalue weighted by molar-refractivity contribution is 0.00539. The summed E-state index contributed by atoms with van der Waals surface area (Å²) in [7, 11) is 0. The van der Waals surface area contributed by atoms with Crippen LogP contribution in [-0.2, 0) is 6.42 Å². The molecule has 1 aromatic heterocycles. The van der Waals surface area contributed by atoms with Crippen molar-refractivity contribution in [1.82, 2.24) is 20.1 Å². The first-order valence-electron chi connectivity index (χ1n) is 11.8. The van der Waals surface area contributed by atoms with Crippen molar-refractivity contribution in [3.05, 3.63) is 29.6 Å². The van der Waals surface area contributed by atoms with E-state index in [9.17, 15) is 4.79 Å². The molecule has 3 aliphatic rings. The van der Waals surface area contributed by atoms with Crippen molar-refractivity contribution in [3.63, 3.8) is 0 Å². The van der Waals surface area contributed by atoms with Gasteiger partial charge < -0.3 is 15.1 Å². The number of amides is 1. The van der Waals surface area contributed by atoms with E-state index < -0.39 is 0 Å². The fourth-order valence-corrected chi connectivity index (χ4v) is 5.19. The zero-order valence-electron chi connectivity index (χ0n) is 18.3. The van der Waals surface area contributed by atoms with E-state index in [2.05, 4.69) is 20.1 Å². The summed E-state index contributed by atoms with van der Waals surface area (Å²) in [5.74, 6) is -0.0382. The van der Waals surface area contributed by atoms with Gasteiger partial charge in [0.05, 0.1) is 5.56 Å². The average molecular weight is 399 g/mol. The smallest absolute Gasteiger partial charge is 0.253 e. The maximum Gasteiger partial charge on any atom is 0.253 e. The Morgan fingerprint density at radius 2 is 1.83 bits per heavy atom. The van der Waals surface area contributed by atoms with Gasteiger partial charge in [-0.25, -0.2) is 0 Å². The molecule has 5 heteroatoms. The number of rotatable bonds is 6. The molecule has 29 heavy (non-hydrogen) atoms. The molecule has 1 amide bonds. The van der Waals surface area contributed by atoms with Crippen LogP contribution in [0.2, 0.25) is 0 Å². The normalized spacial score (nSPS) is 23.3. The van der Waals surface area contributed by atoms with Crippen LogP contribution in [0.5, 0.6) is 0 Å². The van der Waals surface area contributed by atoms with Gasteiger partial charge in [0.15, 0.2) is 0 Å². The highest BCUT2D eigenvalue weighted by Crippen LogP contribution is 2.42. The van der Waals surface area contributed by atoms with Crippen molar-refractivity contribution in [2.24, 2.45) is 5.41 Å². The summed E-state index contributed by atoms with van der Waals surface area (Å²) >= 11 is 0. The van der Waals surface area contributed by atoms with Gasteiger partial charge in [-0.05, 0) is 96.1 Å². The minimum Gasteiger partial charge on any atom is -0.350 e. The first-order chi connectivity index (χ1) is 14.0. The third kappa shape index (κ3) is 5.18. The maximum absolute atomic E-state index is 12.0. The lowest BCUT2D eigenvalue weighted by Gasteiger charge is -2.50. The summed E-state index contributed by atoms with van der Waals surface area (Å²) in [6.07, 6.45) is 12.6. The minimum atomic E-state index is -0.0382. The van der Waals surface area contributed by atoms with Crippen LogP contribution in [0.25, 0.3) is 0 Å². The Morgan fingerprint density at radius 1 is 1.14 bits per heavy atom. The van der Waals surface area contributed by atoms with Crippen molar-refractivity contribution in [2.45, 2.75) is 77.3 Å². The number of carbonyl (C=O) groups excluding carboxylic acids is 1. The average Bonchev–Trinajstić information content (AvgIpc) is 2.68. The standard InChI is InChI=1S/C24H38N4O/c1-19(2)26-23(29)20-6-7-21(25-18-20)8-13-27-14-9-24(10-15-27)11-16-28(17-12-24)22-4-3-5-22/h6-7,18-19,22H,3-5,8-17H2,1-2H3,(H,26,29). The summed E-state index contributed by atoms with van der Waals surface area (Å²) in [4.78, 5) is 21.9. The Morgan fingerprint density at radius 3 is 2.38 bits per heavy atom. The molecule has 0 unspecified atom stereocenters. The molecular weight excluding hydrogens is 360 g/mol. The van der Waals surface area contributed by atoms with Crippen LogP contribution in [0, 0.1) is 5.41 Å². The van der Waals surface area contributed by atoms with Gasteiger partial charge in [-0.15, -0.1) is 0 Å². The summed E-state index contributed by atoms with van der Waals surface area (Å²) < 4.78 is 0. The summed E-state index contributed by atoms with van der Waals surface area (Å²) in [6.45, 7) is 10.2. The molecule has 1 spiro atoms. The molecule has 1 N–H and O–H groups in total. The van der Waals surface area contributed by atoms with E-state index in [-0.39, 0.29) is 11.9 Å². The largest absolute Gasteiger partial charge is 0.350 e. The Bertz CT molecular complexity index is 665. The van der Waals surface area contributed by atoms with Crippen LogP contribution < -0.4 is 5.32 Å². The van der Waals surface area contributed by atoms with E-state index in [1.165, 1.54) is 71.1 Å². The molecule has 0 bridgehead atoms. The molecule has 160 valence electrons. The van der Waals surface area contributed by atoms with Crippen LogP contribution in [-0.4, -0.2) is 65.5 Å². The zero-order chi connectivity index (χ0) is 20.3. The van der Waals surface area contributed by atoms with E-state index in [1.54, 1.807) is 6.20 Å². The molecule has 3 heterocycles. The van der Waals surface area contributed by atoms with Gasteiger partial charge in [-0.2, -0.15) is 0 Å². The molecule has 2 saturated heterocycles. The van der Waals surface area contributed by atoms with Gasteiger partial charge in [0.2, 0.25) is 0 Å². The van der Waals surface area contributed by atoms with Crippen LogP contribution in [0.1, 0.15) is 74.8 Å². The van der Waals surface area contributed by atoms with Crippen molar-refractivity contribution in [2.75, 3.05) is 32.7 Å². The first kappa shape index (κ1) is 20.8. The monoisotopic (exact) mass is 398 g/mol. The Labute approximate surface area is 176 Å². The predicted molar refractivity (Wildman–Crippen MR) is 117 cm³/mol. The van der Waals surface area contributed by atoms with E-state index in [0.717, 1.165) is 24.7 Å². The van der Waals surface area contributed by atoms with Crippen molar-refractivity contribution >= 4 is 5.91 Å². The van der Waals surface area contributed by atoms with Gasteiger partial charge in [0, 0.05) is 36.9 Å². The van der Waals surface area contributed by atoms with Crippen molar-refractivity contribution in [3.8, 4) is 0 Å². The maximum atomic E-state index is 12.0. The van der Waals surface area contributed by atoms with E-state index in [0.29, 0.717) is 11.0 Å².